The molecule has 19 heavy (non-hydrogen) atoms. The molecular formula is C13H17ClN2O3. The molecule has 0 unspecified atom stereocenters. The fourth-order valence-electron chi connectivity index (χ4n) is 2.27. The molecule has 0 aliphatic heterocycles. The van der Waals surface area contributed by atoms with Gasteiger partial charge in [-0.05, 0) is 25.0 Å². The Morgan fingerprint density at radius 1 is 1.42 bits per heavy atom. The van der Waals surface area contributed by atoms with Crippen molar-refractivity contribution < 1.29 is 9.66 Å². The SMILES string of the molecule is O=[N+]([O-])c1cc(Cl)ccc1NCCOC1CCCC1. The largest absolute Gasteiger partial charge is 0.377 e. The molecule has 1 aromatic rings. The zero-order chi connectivity index (χ0) is 13.7. The zero-order valence-electron chi connectivity index (χ0n) is 10.6. The van der Waals surface area contributed by atoms with Gasteiger partial charge in [-0.25, -0.2) is 0 Å². The van der Waals surface area contributed by atoms with Crippen LogP contribution in [0.25, 0.3) is 0 Å². The van der Waals surface area contributed by atoms with E-state index >= 15 is 0 Å². The monoisotopic (exact) mass is 284 g/mol. The van der Waals surface area contributed by atoms with Crippen molar-refractivity contribution >= 4 is 23.0 Å². The van der Waals surface area contributed by atoms with Gasteiger partial charge in [-0.15, -0.1) is 0 Å². The van der Waals surface area contributed by atoms with Crippen molar-refractivity contribution in [2.75, 3.05) is 18.5 Å². The van der Waals surface area contributed by atoms with Crippen molar-refractivity contribution in [3.8, 4) is 0 Å². The normalized spacial score (nSPS) is 15.6. The van der Waals surface area contributed by atoms with E-state index in [0.29, 0.717) is 30.0 Å². The van der Waals surface area contributed by atoms with Crippen molar-refractivity contribution in [3.63, 3.8) is 0 Å². The molecule has 1 N–H and O–H groups in total. The van der Waals surface area contributed by atoms with Gasteiger partial charge in [-0.2, -0.15) is 0 Å². The zero-order valence-corrected chi connectivity index (χ0v) is 11.4. The van der Waals surface area contributed by atoms with Crippen LogP contribution in [0.15, 0.2) is 18.2 Å². The Balaban J connectivity index is 1.83. The summed E-state index contributed by atoms with van der Waals surface area (Å²) in [6, 6.07) is 4.60. The van der Waals surface area contributed by atoms with E-state index in [1.54, 1.807) is 12.1 Å². The van der Waals surface area contributed by atoms with Crippen LogP contribution in [0.2, 0.25) is 5.02 Å². The first-order valence-corrected chi connectivity index (χ1v) is 6.84. The fourth-order valence-corrected chi connectivity index (χ4v) is 2.44. The molecule has 0 radical (unpaired) electrons. The van der Waals surface area contributed by atoms with E-state index in [0.717, 1.165) is 12.8 Å². The molecule has 2 rings (SSSR count). The number of hydrogen-bond donors (Lipinski definition) is 1. The molecule has 0 spiro atoms. The third kappa shape index (κ3) is 4.08. The number of anilines is 1. The molecular weight excluding hydrogens is 268 g/mol. The van der Waals surface area contributed by atoms with Crippen LogP contribution in [-0.2, 0) is 4.74 Å². The van der Waals surface area contributed by atoms with Crippen LogP contribution in [0.5, 0.6) is 0 Å². The summed E-state index contributed by atoms with van der Waals surface area (Å²) >= 11 is 5.75. The summed E-state index contributed by atoms with van der Waals surface area (Å²) in [5.41, 5.74) is 0.470. The van der Waals surface area contributed by atoms with Gasteiger partial charge in [0.2, 0.25) is 0 Å². The van der Waals surface area contributed by atoms with Crippen LogP contribution < -0.4 is 5.32 Å². The molecule has 1 aromatic carbocycles. The van der Waals surface area contributed by atoms with E-state index in [1.807, 2.05) is 0 Å². The number of hydrogen-bond acceptors (Lipinski definition) is 4. The van der Waals surface area contributed by atoms with Gasteiger partial charge in [-0.1, -0.05) is 24.4 Å². The number of rotatable bonds is 6. The highest BCUT2D eigenvalue weighted by atomic mass is 35.5. The van der Waals surface area contributed by atoms with Gasteiger partial charge in [0.1, 0.15) is 5.69 Å². The quantitative estimate of drug-likeness (QED) is 0.492. The van der Waals surface area contributed by atoms with E-state index in [1.165, 1.54) is 18.9 Å². The van der Waals surface area contributed by atoms with Gasteiger partial charge in [0.25, 0.3) is 5.69 Å². The molecule has 0 bridgehead atoms. The summed E-state index contributed by atoms with van der Waals surface area (Å²) < 4.78 is 5.69. The highest BCUT2D eigenvalue weighted by Gasteiger charge is 2.16. The third-order valence-corrected chi connectivity index (χ3v) is 3.46. The number of nitrogens with one attached hydrogen (secondary N) is 1. The Morgan fingerprint density at radius 2 is 2.16 bits per heavy atom. The number of nitrogens with zero attached hydrogens (tertiary/aromatic N) is 1. The lowest BCUT2D eigenvalue weighted by Crippen LogP contribution is -2.15. The standard InChI is InChI=1S/C13H17ClN2O3/c14-10-5-6-12(13(9-10)16(17)18)15-7-8-19-11-3-1-2-4-11/h5-6,9,11,15H,1-4,7-8H2. The maximum absolute atomic E-state index is 10.9. The molecule has 104 valence electrons. The van der Waals surface area contributed by atoms with Crippen molar-refractivity contribution in [2.24, 2.45) is 0 Å². The Hall–Kier alpha value is -1.33. The molecule has 1 aliphatic carbocycles. The maximum Gasteiger partial charge on any atom is 0.293 e. The van der Waals surface area contributed by atoms with Crippen LogP contribution in [0, 0.1) is 10.1 Å². The average Bonchev–Trinajstić information content (AvgIpc) is 2.89. The molecule has 0 atom stereocenters. The first kappa shape index (κ1) is 14.1. The highest BCUT2D eigenvalue weighted by Crippen LogP contribution is 2.27. The number of benzene rings is 1. The van der Waals surface area contributed by atoms with Gasteiger partial charge in [-0.3, -0.25) is 10.1 Å². The highest BCUT2D eigenvalue weighted by molar-refractivity contribution is 6.30. The molecule has 0 amide bonds. The predicted molar refractivity (Wildman–Crippen MR) is 74.8 cm³/mol. The van der Waals surface area contributed by atoms with Crippen LogP contribution in [-0.4, -0.2) is 24.2 Å². The third-order valence-electron chi connectivity index (χ3n) is 3.23. The predicted octanol–water partition coefficient (Wildman–Crippen LogP) is 3.62. The molecule has 5 nitrogen and oxygen atoms in total. The molecule has 1 aliphatic rings. The second kappa shape index (κ2) is 6.73. The van der Waals surface area contributed by atoms with Crippen LogP contribution >= 0.6 is 11.6 Å². The second-order valence-corrected chi connectivity index (χ2v) is 5.06. The smallest absolute Gasteiger partial charge is 0.293 e. The Kier molecular flexibility index (Phi) is 4.99. The molecule has 1 fully saturated rings. The fraction of sp³-hybridized carbons (Fsp3) is 0.538. The average molecular weight is 285 g/mol. The number of halogens is 1. The topological polar surface area (TPSA) is 64.4 Å². The summed E-state index contributed by atoms with van der Waals surface area (Å²) in [4.78, 5) is 10.5. The van der Waals surface area contributed by atoms with Gasteiger partial charge in [0.05, 0.1) is 17.6 Å². The lowest BCUT2D eigenvalue weighted by Gasteiger charge is -2.12. The van der Waals surface area contributed by atoms with Gasteiger partial charge in [0.15, 0.2) is 0 Å². The van der Waals surface area contributed by atoms with E-state index in [9.17, 15) is 10.1 Å². The molecule has 1 saturated carbocycles. The number of ether oxygens (including phenoxy) is 1. The second-order valence-electron chi connectivity index (χ2n) is 4.62. The Morgan fingerprint density at radius 3 is 2.84 bits per heavy atom. The molecule has 0 saturated heterocycles. The lowest BCUT2D eigenvalue weighted by atomic mass is 10.2. The first-order valence-electron chi connectivity index (χ1n) is 6.46. The number of nitro benzene ring substituents is 1. The molecule has 0 heterocycles. The first-order chi connectivity index (χ1) is 9.16. The van der Waals surface area contributed by atoms with Crippen LogP contribution in [0.4, 0.5) is 11.4 Å². The van der Waals surface area contributed by atoms with E-state index in [-0.39, 0.29) is 5.69 Å². The van der Waals surface area contributed by atoms with Gasteiger partial charge in [0, 0.05) is 17.6 Å². The summed E-state index contributed by atoms with van der Waals surface area (Å²) in [5, 5.41) is 14.3. The van der Waals surface area contributed by atoms with Gasteiger partial charge >= 0.3 is 0 Å². The summed E-state index contributed by atoms with van der Waals surface area (Å²) in [7, 11) is 0. The van der Waals surface area contributed by atoms with Crippen LogP contribution in [0.3, 0.4) is 0 Å². The minimum absolute atomic E-state index is 0.00614. The van der Waals surface area contributed by atoms with Crippen molar-refractivity contribution in [2.45, 2.75) is 31.8 Å². The Labute approximate surface area is 117 Å². The summed E-state index contributed by atoms with van der Waals surface area (Å²) in [5.74, 6) is 0. The summed E-state index contributed by atoms with van der Waals surface area (Å²) in [6.45, 7) is 1.11. The van der Waals surface area contributed by atoms with Crippen molar-refractivity contribution in [3.05, 3.63) is 33.3 Å². The van der Waals surface area contributed by atoms with E-state index in [4.69, 9.17) is 16.3 Å². The molecule has 0 aromatic heterocycles. The summed E-state index contributed by atoms with van der Waals surface area (Å²) in [6.07, 6.45) is 5.09. The van der Waals surface area contributed by atoms with Crippen LogP contribution in [0.1, 0.15) is 25.7 Å². The minimum atomic E-state index is -0.438. The van der Waals surface area contributed by atoms with E-state index < -0.39 is 4.92 Å². The molecule has 6 heteroatoms. The van der Waals surface area contributed by atoms with Crippen molar-refractivity contribution in [1.82, 2.24) is 0 Å². The number of nitro groups is 1. The van der Waals surface area contributed by atoms with Crippen molar-refractivity contribution in [1.29, 1.82) is 0 Å². The minimum Gasteiger partial charge on any atom is -0.377 e. The van der Waals surface area contributed by atoms with E-state index in [2.05, 4.69) is 5.32 Å². The maximum atomic E-state index is 10.9. The lowest BCUT2D eigenvalue weighted by molar-refractivity contribution is -0.383. The Bertz CT molecular complexity index is 448. The van der Waals surface area contributed by atoms with Gasteiger partial charge < -0.3 is 10.1 Å².